The van der Waals surface area contributed by atoms with E-state index >= 15 is 0 Å². The van der Waals surface area contributed by atoms with Crippen molar-refractivity contribution >= 4 is 22.8 Å². The summed E-state index contributed by atoms with van der Waals surface area (Å²) < 4.78 is 5.96. The highest BCUT2D eigenvalue weighted by molar-refractivity contribution is 6.03. The molecule has 2 aromatic rings. The number of benzene rings is 2. The van der Waals surface area contributed by atoms with Crippen LogP contribution in [0.25, 0.3) is 16.8 Å². The van der Waals surface area contributed by atoms with Crippen LogP contribution in [0.15, 0.2) is 42.0 Å². The molecule has 0 aromatic heterocycles. The molecule has 120 valence electrons. The molecule has 2 N–H and O–H groups in total. The van der Waals surface area contributed by atoms with Crippen LogP contribution in [0.2, 0.25) is 0 Å². The van der Waals surface area contributed by atoms with Crippen molar-refractivity contribution < 1.29 is 9.53 Å². The molecule has 0 aliphatic carbocycles. The number of nitrogens with one attached hydrogen (secondary N) is 2. The van der Waals surface area contributed by atoms with Crippen molar-refractivity contribution in [2.75, 3.05) is 13.2 Å². The highest BCUT2D eigenvalue weighted by Crippen LogP contribution is 2.30. The smallest absolute Gasteiger partial charge is 0.262 e. The standard InChI is InChI=1S/C19H22N2O2/c1-2-3-6-11-23-18-10-9-14(12-15-13-20-21-19(15)22)16-7-4-5-8-17(16)18/h4-5,7-10,12,20H,2-3,6,11,13H2,1H3,(H,21,22)/b15-12+. The van der Waals surface area contributed by atoms with E-state index in [0.717, 1.165) is 40.7 Å². The van der Waals surface area contributed by atoms with Crippen molar-refractivity contribution in [3.63, 3.8) is 0 Å². The Morgan fingerprint density at radius 1 is 1.13 bits per heavy atom. The zero-order valence-corrected chi connectivity index (χ0v) is 13.4. The minimum Gasteiger partial charge on any atom is -0.493 e. The monoisotopic (exact) mass is 310 g/mol. The predicted molar refractivity (Wildman–Crippen MR) is 93.1 cm³/mol. The summed E-state index contributed by atoms with van der Waals surface area (Å²) in [5.41, 5.74) is 7.24. The van der Waals surface area contributed by atoms with E-state index in [0.29, 0.717) is 6.54 Å². The minimum atomic E-state index is -0.0611. The van der Waals surface area contributed by atoms with Crippen molar-refractivity contribution in [2.24, 2.45) is 0 Å². The van der Waals surface area contributed by atoms with E-state index in [2.05, 4.69) is 29.9 Å². The lowest BCUT2D eigenvalue weighted by Gasteiger charge is -2.11. The topological polar surface area (TPSA) is 50.4 Å². The van der Waals surface area contributed by atoms with Crippen molar-refractivity contribution in [3.8, 4) is 5.75 Å². The number of fused-ring (bicyclic) bond motifs is 1. The second-order valence-electron chi connectivity index (χ2n) is 5.73. The summed E-state index contributed by atoms with van der Waals surface area (Å²) in [7, 11) is 0. The molecule has 1 heterocycles. The molecule has 1 fully saturated rings. The quantitative estimate of drug-likeness (QED) is 0.635. The third-order valence-electron chi connectivity index (χ3n) is 4.03. The van der Waals surface area contributed by atoms with Crippen molar-refractivity contribution in [3.05, 3.63) is 47.5 Å². The summed E-state index contributed by atoms with van der Waals surface area (Å²) >= 11 is 0. The fraction of sp³-hybridized carbons (Fsp3) is 0.316. The molecule has 0 unspecified atom stereocenters. The van der Waals surface area contributed by atoms with Crippen LogP contribution in [0.5, 0.6) is 5.75 Å². The van der Waals surface area contributed by atoms with Gasteiger partial charge >= 0.3 is 0 Å². The predicted octanol–water partition coefficient (Wildman–Crippen LogP) is 3.43. The molecule has 1 saturated heterocycles. The van der Waals surface area contributed by atoms with E-state index in [-0.39, 0.29) is 5.91 Å². The molecule has 0 bridgehead atoms. The van der Waals surface area contributed by atoms with Crippen LogP contribution in [0.4, 0.5) is 0 Å². The minimum absolute atomic E-state index is 0.0611. The number of rotatable bonds is 6. The number of hydrogen-bond acceptors (Lipinski definition) is 3. The van der Waals surface area contributed by atoms with Crippen LogP contribution in [0.3, 0.4) is 0 Å². The molecule has 1 amide bonds. The van der Waals surface area contributed by atoms with E-state index in [1.807, 2.05) is 30.3 Å². The van der Waals surface area contributed by atoms with E-state index < -0.39 is 0 Å². The van der Waals surface area contributed by atoms with Crippen LogP contribution in [0.1, 0.15) is 31.7 Å². The Kier molecular flexibility index (Phi) is 4.93. The molecular formula is C19H22N2O2. The largest absolute Gasteiger partial charge is 0.493 e. The van der Waals surface area contributed by atoms with Crippen molar-refractivity contribution in [1.29, 1.82) is 0 Å². The molecule has 2 aromatic carbocycles. The molecule has 0 atom stereocenters. The molecule has 3 rings (SSSR count). The highest BCUT2D eigenvalue weighted by Gasteiger charge is 2.16. The Hall–Kier alpha value is -2.33. The summed E-state index contributed by atoms with van der Waals surface area (Å²) in [6, 6.07) is 12.2. The van der Waals surface area contributed by atoms with Crippen LogP contribution in [0, 0.1) is 0 Å². The van der Waals surface area contributed by atoms with Gasteiger partial charge in [0, 0.05) is 17.5 Å². The number of ether oxygens (including phenoxy) is 1. The molecule has 4 heteroatoms. The fourth-order valence-corrected chi connectivity index (χ4v) is 2.77. The summed E-state index contributed by atoms with van der Waals surface area (Å²) in [5.74, 6) is 0.849. The normalized spacial score (nSPS) is 16.0. The lowest BCUT2D eigenvalue weighted by molar-refractivity contribution is -0.116. The van der Waals surface area contributed by atoms with E-state index in [4.69, 9.17) is 4.74 Å². The first kappa shape index (κ1) is 15.6. The van der Waals surface area contributed by atoms with Crippen LogP contribution in [-0.2, 0) is 4.79 Å². The third-order valence-corrected chi connectivity index (χ3v) is 4.03. The maximum Gasteiger partial charge on any atom is 0.262 e. The molecule has 4 nitrogen and oxygen atoms in total. The number of carbonyl (C=O) groups excluding carboxylic acids is 1. The molecule has 1 aliphatic heterocycles. The third kappa shape index (κ3) is 3.54. The Morgan fingerprint density at radius 3 is 2.70 bits per heavy atom. The van der Waals surface area contributed by atoms with Crippen molar-refractivity contribution in [2.45, 2.75) is 26.2 Å². The maximum atomic E-state index is 11.7. The van der Waals surface area contributed by atoms with Gasteiger partial charge in [0.2, 0.25) is 0 Å². The average molecular weight is 310 g/mol. The molecule has 0 saturated carbocycles. The first-order chi connectivity index (χ1) is 11.3. The highest BCUT2D eigenvalue weighted by atomic mass is 16.5. The number of hydrogen-bond donors (Lipinski definition) is 2. The number of amides is 1. The van der Waals surface area contributed by atoms with Gasteiger partial charge in [-0.3, -0.25) is 10.2 Å². The van der Waals surface area contributed by atoms with Gasteiger partial charge in [0.25, 0.3) is 5.91 Å². The first-order valence-corrected chi connectivity index (χ1v) is 8.18. The summed E-state index contributed by atoms with van der Waals surface area (Å²) in [6.45, 7) is 3.47. The van der Waals surface area contributed by atoms with Gasteiger partial charge in [-0.1, -0.05) is 50.1 Å². The fourth-order valence-electron chi connectivity index (χ4n) is 2.77. The molecule has 23 heavy (non-hydrogen) atoms. The average Bonchev–Trinajstić information content (AvgIpc) is 2.98. The van der Waals surface area contributed by atoms with Crippen molar-refractivity contribution in [1.82, 2.24) is 10.9 Å². The summed E-state index contributed by atoms with van der Waals surface area (Å²) in [4.78, 5) is 11.7. The van der Waals surface area contributed by atoms with Gasteiger partial charge in [0.05, 0.1) is 6.61 Å². The SMILES string of the molecule is CCCCCOc1ccc(/C=C2\CNNC2=O)c2ccccc12. The number of carbonyl (C=O) groups is 1. The van der Waals surface area contributed by atoms with Crippen LogP contribution < -0.4 is 15.6 Å². The Morgan fingerprint density at radius 2 is 1.96 bits per heavy atom. The lowest BCUT2D eigenvalue weighted by Crippen LogP contribution is -2.25. The van der Waals surface area contributed by atoms with Gasteiger partial charge in [-0.05, 0) is 29.5 Å². The van der Waals surface area contributed by atoms with E-state index in [1.54, 1.807) is 0 Å². The summed E-state index contributed by atoms with van der Waals surface area (Å²) in [6.07, 6.45) is 5.39. The van der Waals surface area contributed by atoms with Gasteiger partial charge in [-0.2, -0.15) is 0 Å². The van der Waals surface area contributed by atoms with Gasteiger partial charge in [0.15, 0.2) is 0 Å². The summed E-state index contributed by atoms with van der Waals surface area (Å²) in [5, 5.41) is 2.19. The maximum absolute atomic E-state index is 11.7. The molecule has 1 aliphatic rings. The molecule has 0 spiro atoms. The lowest BCUT2D eigenvalue weighted by atomic mass is 10.0. The Balaban J connectivity index is 1.91. The zero-order chi connectivity index (χ0) is 16.1. The second kappa shape index (κ2) is 7.29. The number of hydrazine groups is 1. The van der Waals surface area contributed by atoms with E-state index in [1.165, 1.54) is 12.8 Å². The van der Waals surface area contributed by atoms with Gasteiger partial charge in [-0.15, -0.1) is 0 Å². The van der Waals surface area contributed by atoms with Gasteiger partial charge in [0.1, 0.15) is 5.75 Å². The number of unbranched alkanes of at least 4 members (excludes halogenated alkanes) is 2. The molecule has 0 radical (unpaired) electrons. The Bertz CT molecular complexity index is 737. The molecular weight excluding hydrogens is 288 g/mol. The van der Waals surface area contributed by atoms with E-state index in [9.17, 15) is 4.79 Å². The second-order valence-corrected chi connectivity index (χ2v) is 5.73. The zero-order valence-electron chi connectivity index (χ0n) is 13.4. The first-order valence-electron chi connectivity index (χ1n) is 8.18. The van der Waals surface area contributed by atoms with Gasteiger partial charge in [-0.25, -0.2) is 5.43 Å². The Labute approximate surface area is 136 Å². The van der Waals surface area contributed by atoms with Crippen LogP contribution >= 0.6 is 0 Å². The van der Waals surface area contributed by atoms with Gasteiger partial charge < -0.3 is 4.74 Å². The van der Waals surface area contributed by atoms with Crippen LogP contribution in [-0.4, -0.2) is 19.1 Å².